The van der Waals surface area contributed by atoms with Gasteiger partial charge >= 0.3 is 0 Å². The largest absolute Gasteiger partial charge is 0.491 e. The van der Waals surface area contributed by atoms with Crippen molar-refractivity contribution in [3.05, 3.63) is 149 Å². The number of nitrogens with zero attached hydrogens (tertiary/aromatic N) is 2. The van der Waals surface area contributed by atoms with Crippen molar-refractivity contribution < 1.29 is 32.7 Å². The molecule has 0 bridgehead atoms. The fraction of sp³-hybridized carbons (Fsp3) is 0.222. The Bertz CT molecular complexity index is 1900. The molecule has 0 aliphatic carbocycles. The summed E-state index contributed by atoms with van der Waals surface area (Å²) in [6.07, 6.45) is -3.14. The SMILES string of the molecule is O=[N+]([O-])c1ccc(S(=O)(=O)N2C[C@H](OCc3ccccc3)[C@@H](OCc3ccccc3)[C@H](O)[C@@H]2COc2cccc3ccccc23)cc1. The van der Waals surface area contributed by atoms with Gasteiger partial charge in [-0.2, -0.15) is 4.31 Å². The fourth-order valence-corrected chi connectivity index (χ4v) is 7.39. The van der Waals surface area contributed by atoms with Crippen molar-refractivity contribution in [2.24, 2.45) is 0 Å². The third-order valence-corrected chi connectivity index (χ3v) is 10.1. The molecule has 11 heteroatoms. The maximum Gasteiger partial charge on any atom is 0.269 e. The summed E-state index contributed by atoms with van der Waals surface area (Å²) in [5, 5.41) is 25.0. The van der Waals surface area contributed by atoms with Crippen molar-refractivity contribution in [1.82, 2.24) is 4.31 Å². The Morgan fingerprint density at radius 2 is 1.36 bits per heavy atom. The highest BCUT2D eigenvalue weighted by atomic mass is 32.2. The van der Waals surface area contributed by atoms with Gasteiger partial charge in [-0.25, -0.2) is 8.42 Å². The molecular formula is C36H34N2O8S. The molecule has 6 rings (SSSR count). The Morgan fingerprint density at radius 1 is 0.766 bits per heavy atom. The number of hydrogen-bond acceptors (Lipinski definition) is 8. The summed E-state index contributed by atoms with van der Waals surface area (Å²) in [7, 11) is -4.30. The van der Waals surface area contributed by atoms with Crippen LogP contribution in [0.3, 0.4) is 0 Å². The number of nitro groups is 1. The van der Waals surface area contributed by atoms with Crippen LogP contribution in [0.2, 0.25) is 0 Å². The maximum atomic E-state index is 14.2. The van der Waals surface area contributed by atoms with Gasteiger partial charge in [-0.3, -0.25) is 10.1 Å². The summed E-state index contributed by atoms with van der Waals surface area (Å²) in [6, 6.07) is 35.7. The summed E-state index contributed by atoms with van der Waals surface area (Å²) in [6.45, 7) is -0.0317. The van der Waals surface area contributed by atoms with E-state index in [1.807, 2.05) is 97.1 Å². The molecule has 242 valence electrons. The lowest BCUT2D eigenvalue weighted by molar-refractivity contribution is -0.384. The molecule has 47 heavy (non-hydrogen) atoms. The van der Waals surface area contributed by atoms with E-state index in [0.29, 0.717) is 5.75 Å². The minimum absolute atomic E-state index is 0.157. The number of fused-ring (bicyclic) bond motifs is 1. The number of aliphatic hydroxyl groups is 1. The molecule has 1 heterocycles. The van der Waals surface area contributed by atoms with Crippen LogP contribution in [0.1, 0.15) is 11.1 Å². The lowest BCUT2D eigenvalue weighted by atomic mass is 9.95. The predicted octanol–water partition coefficient (Wildman–Crippen LogP) is 5.73. The second kappa shape index (κ2) is 14.4. The summed E-state index contributed by atoms with van der Waals surface area (Å²) < 4.78 is 48.5. The molecule has 1 aliphatic heterocycles. The van der Waals surface area contributed by atoms with Gasteiger partial charge in [0.25, 0.3) is 5.69 Å². The van der Waals surface area contributed by atoms with Gasteiger partial charge in [-0.15, -0.1) is 0 Å². The van der Waals surface area contributed by atoms with Crippen LogP contribution in [0.15, 0.2) is 132 Å². The summed E-state index contributed by atoms with van der Waals surface area (Å²) >= 11 is 0. The highest BCUT2D eigenvalue weighted by molar-refractivity contribution is 7.89. The van der Waals surface area contributed by atoms with Crippen LogP contribution in [-0.2, 0) is 32.7 Å². The van der Waals surface area contributed by atoms with Gasteiger partial charge in [0.15, 0.2) is 0 Å². The first kappa shape index (κ1) is 32.3. The third kappa shape index (κ3) is 7.35. The molecule has 10 nitrogen and oxygen atoms in total. The molecule has 1 saturated heterocycles. The molecule has 1 N–H and O–H groups in total. The Balaban J connectivity index is 1.35. The molecule has 0 radical (unpaired) electrons. The Morgan fingerprint density at radius 3 is 2.02 bits per heavy atom. The van der Waals surface area contributed by atoms with Gasteiger partial charge in [0, 0.05) is 24.1 Å². The van der Waals surface area contributed by atoms with Gasteiger partial charge in [0.1, 0.15) is 30.7 Å². The number of benzene rings is 5. The number of nitro benzene ring substituents is 1. The van der Waals surface area contributed by atoms with E-state index in [4.69, 9.17) is 14.2 Å². The number of rotatable bonds is 12. The van der Waals surface area contributed by atoms with E-state index >= 15 is 0 Å². The third-order valence-electron chi connectivity index (χ3n) is 8.23. The molecule has 5 aromatic carbocycles. The Kier molecular flexibility index (Phi) is 9.90. The highest BCUT2D eigenvalue weighted by Gasteiger charge is 2.49. The minimum atomic E-state index is -4.30. The second-order valence-corrected chi connectivity index (χ2v) is 13.2. The average molecular weight is 655 g/mol. The molecule has 4 atom stereocenters. The molecule has 0 amide bonds. The van der Waals surface area contributed by atoms with Crippen molar-refractivity contribution in [1.29, 1.82) is 0 Å². The van der Waals surface area contributed by atoms with Crippen molar-refractivity contribution in [2.45, 2.75) is 42.5 Å². The number of non-ortho nitro benzene ring substituents is 1. The van der Waals surface area contributed by atoms with Gasteiger partial charge < -0.3 is 19.3 Å². The smallest absolute Gasteiger partial charge is 0.269 e. The number of aliphatic hydroxyl groups excluding tert-OH is 1. The van der Waals surface area contributed by atoms with Crippen molar-refractivity contribution in [3.8, 4) is 5.75 Å². The van der Waals surface area contributed by atoms with Crippen LogP contribution in [-0.4, -0.2) is 60.3 Å². The monoisotopic (exact) mass is 654 g/mol. The van der Waals surface area contributed by atoms with Crippen LogP contribution in [0.25, 0.3) is 10.8 Å². The van der Waals surface area contributed by atoms with E-state index < -0.39 is 39.3 Å². The van der Waals surface area contributed by atoms with Crippen molar-refractivity contribution in [3.63, 3.8) is 0 Å². The van der Waals surface area contributed by atoms with Crippen molar-refractivity contribution in [2.75, 3.05) is 13.2 Å². The molecule has 0 unspecified atom stereocenters. The Hall–Kier alpha value is -4.65. The average Bonchev–Trinajstić information content (AvgIpc) is 3.10. The van der Waals surface area contributed by atoms with E-state index in [1.54, 1.807) is 6.07 Å². The molecular weight excluding hydrogens is 620 g/mol. The van der Waals surface area contributed by atoms with Crippen molar-refractivity contribution >= 4 is 26.5 Å². The topological polar surface area (TPSA) is 128 Å². The second-order valence-electron chi connectivity index (χ2n) is 11.3. The lowest BCUT2D eigenvalue weighted by Crippen LogP contribution is -2.65. The van der Waals surface area contributed by atoms with Gasteiger partial charge in [0.2, 0.25) is 10.0 Å². The van der Waals surface area contributed by atoms with Gasteiger partial charge in [-0.1, -0.05) is 97.1 Å². The van der Waals surface area contributed by atoms with E-state index in [2.05, 4.69) is 0 Å². The summed E-state index contributed by atoms with van der Waals surface area (Å²) in [5.74, 6) is 0.534. The number of ether oxygens (including phenoxy) is 3. The highest BCUT2D eigenvalue weighted by Crippen LogP contribution is 2.33. The van der Waals surface area contributed by atoms with Gasteiger partial charge in [0.05, 0.1) is 29.1 Å². The number of piperidine rings is 1. The number of sulfonamides is 1. The Labute approximate surface area is 273 Å². The summed E-state index contributed by atoms with van der Waals surface area (Å²) in [4.78, 5) is 10.5. The fourth-order valence-electron chi connectivity index (χ4n) is 5.75. The standard InChI is InChI=1S/C36H34N2O8S/c39-35-32(25-45-33-17-9-15-28-14-7-8-16-31(28)33)37(47(42,43)30-20-18-29(19-21-30)38(40)41)22-34(44-23-26-10-3-1-4-11-26)36(35)46-24-27-12-5-2-6-13-27/h1-21,32,34-36,39H,22-25H2/t32-,34-,35+,36+/m0/s1. The van der Waals surface area contributed by atoms with E-state index in [-0.39, 0.29) is 36.9 Å². The van der Waals surface area contributed by atoms with Crippen LogP contribution in [0, 0.1) is 10.1 Å². The van der Waals surface area contributed by atoms with Crippen LogP contribution >= 0.6 is 0 Å². The predicted molar refractivity (Wildman–Crippen MR) is 176 cm³/mol. The number of hydrogen-bond donors (Lipinski definition) is 1. The zero-order valence-electron chi connectivity index (χ0n) is 25.4. The van der Waals surface area contributed by atoms with Gasteiger partial charge in [-0.05, 0) is 34.7 Å². The zero-order valence-corrected chi connectivity index (χ0v) is 26.2. The van der Waals surface area contributed by atoms with E-state index in [0.717, 1.165) is 34.0 Å². The molecule has 1 aliphatic rings. The molecule has 0 saturated carbocycles. The molecule has 0 aromatic heterocycles. The molecule has 0 spiro atoms. The normalized spacial score (nSPS) is 20.2. The minimum Gasteiger partial charge on any atom is -0.491 e. The zero-order chi connectivity index (χ0) is 32.8. The van der Waals surface area contributed by atoms with E-state index in [9.17, 15) is 23.6 Å². The molecule has 5 aromatic rings. The quantitative estimate of drug-likeness (QED) is 0.133. The maximum absolute atomic E-state index is 14.2. The van der Waals surface area contributed by atoms with Crippen LogP contribution in [0.5, 0.6) is 5.75 Å². The van der Waals surface area contributed by atoms with Crippen LogP contribution in [0.4, 0.5) is 5.69 Å². The first-order valence-corrected chi connectivity index (χ1v) is 16.6. The van der Waals surface area contributed by atoms with E-state index in [1.165, 1.54) is 16.4 Å². The van der Waals surface area contributed by atoms with Crippen LogP contribution < -0.4 is 4.74 Å². The first-order chi connectivity index (χ1) is 22.8. The first-order valence-electron chi connectivity index (χ1n) is 15.2. The molecule has 1 fully saturated rings. The lowest BCUT2D eigenvalue weighted by Gasteiger charge is -2.45. The summed E-state index contributed by atoms with van der Waals surface area (Å²) in [5.41, 5.74) is 1.51.